The van der Waals surface area contributed by atoms with E-state index in [1.54, 1.807) is 12.1 Å². The van der Waals surface area contributed by atoms with Crippen molar-refractivity contribution in [2.24, 2.45) is 0 Å². The van der Waals surface area contributed by atoms with E-state index in [1.807, 2.05) is 24.3 Å². The van der Waals surface area contributed by atoms with E-state index in [2.05, 4.69) is 21.2 Å². The molecule has 0 fully saturated rings. The molecule has 0 amide bonds. The minimum Gasteiger partial charge on any atom is -0.396 e. The van der Waals surface area contributed by atoms with Gasteiger partial charge in [0.2, 0.25) is 0 Å². The molecule has 0 saturated carbocycles. The fourth-order valence-electron chi connectivity index (χ4n) is 1.38. The second-order valence-corrected chi connectivity index (χ2v) is 5.15. The zero-order valence-corrected chi connectivity index (χ0v) is 11.8. The van der Waals surface area contributed by atoms with E-state index >= 15 is 0 Å². The number of rotatable bonds is 2. The predicted molar refractivity (Wildman–Crippen MR) is 78.3 cm³/mol. The zero-order chi connectivity index (χ0) is 12.4. The molecular formula is C12H9BrCl2N2. The van der Waals surface area contributed by atoms with Gasteiger partial charge in [0.1, 0.15) is 0 Å². The molecule has 0 aliphatic carbocycles. The summed E-state index contributed by atoms with van der Waals surface area (Å²) in [6, 6.07) is 10.9. The van der Waals surface area contributed by atoms with Crippen LogP contribution in [0.15, 0.2) is 40.9 Å². The molecule has 88 valence electrons. The molecule has 0 unspecified atom stereocenters. The van der Waals surface area contributed by atoms with Crippen LogP contribution < -0.4 is 11.1 Å². The summed E-state index contributed by atoms with van der Waals surface area (Å²) in [6.07, 6.45) is 0. The molecule has 0 radical (unpaired) electrons. The first-order valence-electron chi connectivity index (χ1n) is 4.84. The third kappa shape index (κ3) is 2.86. The van der Waals surface area contributed by atoms with Gasteiger partial charge in [-0.2, -0.15) is 0 Å². The van der Waals surface area contributed by atoms with E-state index in [4.69, 9.17) is 28.9 Å². The van der Waals surface area contributed by atoms with Gasteiger partial charge < -0.3 is 11.1 Å². The monoisotopic (exact) mass is 330 g/mol. The molecule has 3 N–H and O–H groups in total. The summed E-state index contributed by atoms with van der Waals surface area (Å²) in [4.78, 5) is 0. The lowest BCUT2D eigenvalue weighted by atomic mass is 10.2. The smallest absolute Gasteiger partial charge is 0.0742 e. The zero-order valence-electron chi connectivity index (χ0n) is 8.68. The van der Waals surface area contributed by atoms with E-state index in [1.165, 1.54) is 0 Å². The minimum atomic E-state index is 0.515. The summed E-state index contributed by atoms with van der Waals surface area (Å²) in [5.41, 5.74) is 7.98. The SMILES string of the molecule is Nc1c(Cl)cccc1Nc1cc(Cl)ccc1Br. The quantitative estimate of drug-likeness (QED) is 0.753. The molecule has 0 aliphatic heterocycles. The molecule has 0 atom stereocenters. The first kappa shape index (κ1) is 12.6. The van der Waals surface area contributed by atoms with Crippen LogP contribution in [0.25, 0.3) is 0 Å². The number of nitrogens with one attached hydrogen (secondary N) is 1. The fraction of sp³-hybridized carbons (Fsp3) is 0. The second-order valence-electron chi connectivity index (χ2n) is 3.45. The highest BCUT2D eigenvalue weighted by atomic mass is 79.9. The summed E-state index contributed by atoms with van der Waals surface area (Å²) in [7, 11) is 0. The van der Waals surface area contributed by atoms with Gasteiger partial charge in [-0.05, 0) is 46.3 Å². The Morgan fingerprint density at radius 2 is 1.82 bits per heavy atom. The lowest BCUT2D eigenvalue weighted by Gasteiger charge is -2.12. The molecule has 0 aliphatic rings. The van der Waals surface area contributed by atoms with Crippen molar-refractivity contribution >= 4 is 56.2 Å². The summed E-state index contributed by atoms with van der Waals surface area (Å²) < 4.78 is 0.904. The average Bonchev–Trinajstić information content (AvgIpc) is 2.30. The van der Waals surface area contributed by atoms with E-state index in [9.17, 15) is 0 Å². The van der Waals surface area contributed by atoms with Crippen LogP contribution in [0.2, 0.25) is 10.0 Å². The summed E-state index contributed by atoms with van der Waals surface area (Å²) >= 11 is 15.3. The lowest BCUT2D eigenvalue weighted by Crippen LogP contribution is -1.97. The number of benzene rings is 2. The van der Waals surface area contributed by atoms with E-state index in [0.29, 0.717) is 15.7 Å². The molecule has 17 heavy (non-hydrogen) atoms. The van der Waals surface area contributed by atoms with Gasteiger partial charge >= 0.3 is 0 Å². The number of hydrogen-bond donors (Lipinski definition) is 2. The predicted octanol–water partition coefficient (Wildman–Crippen LogP) is 5.08. The van der Waals surface area contributed by atoms with Gasteiger partial charge in [0.25, 0.3) is 0 Å². The largest absolute Gasteiger partial charge is 0.396 e. The van der Waals surface area contributed by atoms with Crippen molar-refractivity contribution in [2.45, 2.75) is 0 Å². The highest BCUT2D eigenvalue weighted by Crippen LogP contribution is 2.33. The molecular weight excluding hydrogens is 323 g/mol. The standard InChI is InChI=1S/C12H9BrCl2N2/c13-8-5-4-7(14)6-11(8)17-10-3-1-2-9(15)12(10)16/h1-6,17H,16H2. The van der Waals surface area contributed by atoms with Gasteiger partial charge in [0.05, 0.1) is 22.1 Å². The van der Waals surface area contributed by atoms with E-state index < -0.39 is 0 Å². The molecule has 2 nitrogen and oxygen atoms in total. The molecule has 2 rings (SSSR count). The van der Waals surface area contributed by atoms with Gasteiger partial charge in [-0.1, -0.05) is 29.3 Å². The highest BCUT2D eigenvalue weighted by Gasteiger charge is 2.06. The Balaban J connectivity index is 2.38. The Morgan fingerprint density at radius 3 is 2.59 bits per heavy atom. The maximum Gasteiger partial charge on any atom is 0.0742 e. The minimum absolute atomic E-state index is 0.515. The lowest BCUT2D eigenvalue weighted by molar-refractivity contribution is 1.52. The van der Waals surface area contributed by atoms with Crippen molar-refractivity contribution in [3.8, 4) is 0 Å². The highest BCUT2D eigenvalue weighted by molar-refractivity contribution is 9.10. The van der Waals surface area contributed by atoms with Crippen LogP contribution in [0.4, 0.5) is 17.1 Å². The number of hydrogen-bond acceptors (Lipinski definition) is 2. The number of halogens is 3. The van der Waals surface area contributed by atoms with Crippen molar-refractivity contribution in [2.75, 3.05) is 11.1 Å². The molecule has 0 heterocycles. The average molecular weight is 332 g/mol. The maximum absolute atomic E-state index is 5.95. The third-order valence-corrected chi connectivity index (χ3v) is 3.51. The topological polar surface area (TPSA) is 38.0 Å². The number of anilines is 3. The molecule has 0 spiro atoms. The summed E-state index contributed by atoms with van der Waals surface area (Å²) in [6.45, 7) is 0. The van der Waals surface area contributed by atoms with Crippen LogP contribution in [-0.2, 0) is 0 Å². The molecule has 2 aromatic rings. The van der Waals surface area contributed by atoms with Crippen LogP contribution in [0, 0.1) is 0 Å². The molecule has 0 saturated heterocycles. The van der Waals surface area contributed by atoms with Gasteiger partial charge in [-0.25, -0.2) is 0 Å². The first-order chi connectivity index (χ1) is 8.08. The van der Waals surface area contributed by atoms with E-state index in [0.717, 1.165) is 15.8 Å². The first-order valence-corrected chi connectivity index (χ1v) is 6.39. The van der Waals surface area contributed by atoms with Crippen LogP contribution in [0.3, 0.4) is 0 Å². The maximum atomic E-state index is 5.95. The fourth-order valence-corrected chi connectivity index (χ4v) is 2.08. The summed E-state index contributed by atoms with van der Waals surface area (Å²) in [5.74, 6) is 0. The van der Waals surface area contributed by atoms with Gasteiger partial charge in [-0.3, -0.25) is 0 Å². The Bertz CT molecular complexity index is 558. The number of nitrogen functional groups attached to an aromatic ring is 1. The van der Waals surface area contributed by atoms with Crippen LogP contribution in [-0.4, -0.2) is 0 Å². The van der Waals surface area contributed by atoms with Crippen molar-refractivity contribution in [3.63, 3.8) is 0 Å². The van der Waals surface area contributed by atoms with Crippen molar-refractivity contribution in [1.29, 1.82) is 0 Å². The second kappa shape index (κ2) is 5.17. The van der Waals surface area contributed by atoms with Crippen LogP contribution >= 0.6 is 39.1 Å². The molecule has 0 aromatic heterocycles. The Hall–Kier alpha value is -0.900. The van der Waals surface area contributed by atoms with E-state index in [-0.39, 0.29) is 0 Å². The van der Waals surface area contributed by atoms with Gasteiger partial charge in [0, 0.05) is 9.50 Å². The Kier molecular flexibility index (Phi) is 3.82. The Labute approximate surface area is 118 Å². The molecule has 5 heteroatoms. The van der Waals surface area contributed by atoms with Crippen molar-refractivity contribution < 1.29 is 0 Å². The van der Waals surface area contributed by atoms with Gasteiger partial charge in [-0.15, -0.1) is 0 Å². The Morgan fingerprint density at radius 1 is 1.06 bits per heavy atom. The summed E-state index contributed by atoms with van der Waals surface area (Å²) in [5, 5.41) is 4.35. The molecule has 2 aromatic carbocycles. The van der Waals surface area contributed by atoms with Crippen molar-refractivity contribution in [1.82, 2.24) is 0 Å². The third-order valence-electron chi connectivity index (χ3n) is 2.25. The van der Waals surface area contributed by atoms with Gasteiger partial charge in [0.15, 0.2) is 0 Å². The van der Waals surface area contributed by atoms with Crippen LogP contribution in [0.1, 0.15) is 0 Å². The normalized spacial score (nSPS) is 10.3. The molecule has 0 bridgehead atoms. The number of nitrogens with two attached hydrogens (primary N) is 1. The van der Waals surface area contributed by atoms with Crippen molar-refractivity contribution in [3.05, 3.63) is 50.9 Å². The van der Waals surface area contributed by atoms with Crippen LogP contribution in [0.5, 0.6) is 0 Å². The number of para-hydroxylation sites is 1.